The molecule has 0 aromatic carbocycles. The van der Waals surface area contributed by atoms with E-state index in [-0.39, 0.29) is 11.1 Å². The molecule has 98 valence electrons. The van der Waals surface area contributed by atoms with Crippen LogP contribution in [-0.2, 0) is 5.75 Å². The summed E-state index contributed by atoms with van der Waals surface area (Å²) in [4.78, 5) is 24.1. The maximum atomic E-state index is 12.1. The third-order valence-corrected chi connectivity index (χ3v) is 4.28. The van der Waals surface area contributed by atoms with E-state index >= 15 is 0 Å². The average Bonchev–Trinajstić information content (AvgIpc) is 2.72. The molecule has 5 nitrogen and oxygen atoms in total. The molecule has 6 heteroatoms. The van der Waals surface area contributed by atoms with E-state index in [1.54, 1.807) is 30.1 Å². The highest BCUT2D eigenvalue weighted by atomic mass is 32.2. The number of thioether (sulfide) groups is 1. The average molecular weight is 267 g/mol. The monoisotopic (exact) mass is 267 g/mol. The predicted octanol–water partition coefficient (Wildman–Crippen LogP) is 0.314. The molecule has 0 aliphatic heterocycles. The van der Waals surface area contributed by atoms with Gasteiger partial charge in [0.2, 0.25) is 0 Å². The summed E-state index contributed by atoms with van der Waals surface area (Å²) in [6, 6.07) is 0. The molecule has 0 aliphatic rings. The van der Waals surface area contributed by atoms with Crippen molar-refractivity contribution >= 4 is 11.8 Å². The van der Waals surface area contributed by atoms with Gasteiger partial charge in [-0.05, 0) is 20.8 Å². The van der Waals surface area contributed by atoms with Gasteiger partial charge in [-0.3, -0.25) is 14.1 Å². The van der Waals surface area contributed by atoms with Crippen molar-refractivity contribution in [3.05, 3.63) is 43.2 Å². The maximum Gasteiger partial charge on any atom is 0.277 e. The number of hydrogen-bond acceptors (Lipinski definition) is 4. The van der Waals surface area contributed by atoms with Crippen LogP contribution in [0.1, 0.15) is 22.5 Å². The van der Waals surface area contributed by atoms with Crippen LogP contribution in [0, 0.1) is 20.8 Å². The van der Waals surface area contributed by atoms with Gasteiger partial charge in [0.05, 0.1) is 5.69 Å². The maximum absolute atomic E-state index is 12.1. The van der Waals surface area contributed by atoms with Gasteiger partial charge in [0.1, 0.15) is 0 Å². The summed E-state index contributed by atoms with van der Waals surface area (Å²) in [6.45, 7) is 6.01. The Morgan fingerprint density at radius 1 is 1.06 bits per heavy atom. The van der Waals surface area contributed by atoms with E-state index in [0.29, 0.717) is 23.4 Å². The zero-order valence-electron chi connectivity index (χ0n) is 10.8. The molecule has 0 bridgehead atoms. The minimum absolute atomic E-state index is 0.209. The van der Waals surface area contributed by atoms with Crippen molar-refractivity contribution in [2.24, 2.45) is 5.73 Å². The largest absolute Gasteiger partial charge is 0.330 e. The van der Waals surface area contributed by atoms with Gasteiger partial charge in [-0.1, -0.05) is 0 Å². The Kier molecular flexibility index (Phi) is 3.49. The van der Waals surface area contributed by atoms with Gasteiger partial charge in [-0.15, -0.1) is 0 Å². The minimum Gasteiger partial charge on any atom is -0.330 e. The Labute approximate surface area is 109 Å². The van der Waals surface area contributed by atoms with Crippen LogP contribution in [0.4, 0.5) is 0 Å². The molecule has 0 amide bonds. The van der Waals surface area contributed by atoms with Crippen molar-refractivity contribution in [2.75, 3.05) is 12.3 Å². The van der Waals surface area contributed by atoms with E-state index in [0.717, 1.165) is 17.1 Å². The fourth-order valence-corrected chi connectivity index (χ4v) is 2.93. The van der Waals surface area contributed by atoms with Gasteiger partial charge in [-0.25, -0.2) is 0 Å². The smallest absolute Gasteiger partial charge is 0.277 e. The van der Waals surface area contributed by atoms with Crippen LogP contribution in [0.25, 0.3) is 0 Å². The highest BCUT2D eigenvalue weighted by Crippen LogP contribution is 2.16. The Bertz CT molecular complexity index is 687. The van der Waals surface area contributed by atoms with Gasteiger partial charge in [0.15, 0.2) is 0 Å². The SMILES string of the molecule is Cc1c(C)n2c(CSCCN)c(C)c(=O)n2c1=O. The Hall–Kier alpha value is -1.27. The molecule has 0 radical (unpaired) electrons. The second kappa shape index (κ2) is 4.78. The topological polar surface area (TPSA) is 69.0 Å². The number of aromatic nitrogens is 2. The van der Waals surface area contributed by atoms with Gasteiger partial charge in [0, 0.05) is 34.9 Å². The second-order valence-electron chi connectivity index (χ2n) is 4.36. The van der Waals surface area contributed by atoms with Crippen LogP contribution in [-0.4, -0.2) is 21.3 Å². The fraction of sp³-hybridized carbons (Fsp3) is 0.500. The molecule has 2 aromatic heterocycles. The predicted molar refractivity (Wildman–Crippen MR) is 74.0 cm³/mol. The normalized spacial score (nSPS) is 11.6. The first kappa shape index (κ1) is 13.2. The van der Waals surface area contributed by atoms with Crippen molar-refractivity contribution in [1.82, 2.24) is 9.03 Å². The van der Waals surface area contributed by atoms with Crippen LogP contribution >= 0.6 is 11.8 Å². The lowest BCUT2D eigenvalue weighted by Crippen LogP contribution is -2.23. The molecule has 0 spiro atoms. The van der Waals surface area contributed by atoms with Crippen LogP contribution < -0.4 is 16.9 Å². The molecular formula is C12H17N3O2S. The van der Waals surface area contributed by atoms with Crippen LogP contribution in [0.2, 0.25) is 0 Å². The molecule has 2 rings (SSSR count). The number of nitrogens with two attached hydrogens (primary N) is 1. The molecule has 18 heavy (non-hydrogen) atoms. The lowest BCUT2D eigenvalue weighted by Gasteiger charge is -2.02. The summed E-state index contributed by atoms with van der Waals surface area (Å²) in [6.07, 6.45) is 0. The van der Waals surface area contributed by atoms with Crippen molar-refractivity contribution in [1.29, 1.82) is 0 Å². The summed E-state index contributed by atoms with van der Waals surface area (Å²) in [5, 5.41) is 0. The summed E-state index contributed by atoms with van der Waals surface area (Å²) in [5.74, 6) is 1.54. The number of hydrogen-bond donors (Lipinski definition) is 1. The summed E-state index contributed by atoms with van der Waals surface area (Å²) < 4.78 is 2.98. The molecular weight excluding hydrogens is 250 g/mol. The molecule has 0 saturated carbocycles. The fourth-order valence-electron chi connectivity index (χ4n) is 2.08. The van der Waals surface area contributed by atoms with E-state index < -0.39 is 0 Å². The zero-order chi connectivity index (χ0) is 13.4. The minimum atomic E-state index is -0.212. The van der Waals surface area contributed by atoms with Crippen LogP contribution in [0.5, 0.6) is 0 Å². The number of aryl methyl sites for hydroxylation is 1. The molecule has 0 aliphatic carbocycles. The molecule has 2 aromatic rings. The summed E-state index contributed by atoms with van der Waals surface area (Å²) in [5.41, 5.74) is 8.07. The molecule has 0 fully saturated rings. The standard InChI is InChI=1S/C12H17N3O2S/c1-7-9(3)14-10(6-18-5-4-13)8(2)12(17)15(14)11(7)16/h4-6,13H2,1-3H3. The first-order chi connectivity index (χ1) is 8.50. The summed E-state index contributed by atoms with van der Waals surface area (Å²) in [7, 11) is 0. The molecule has 0 saturated heterocycles. The van der Waals surface area contributed by atoms with E-state index in [1.807, 2.05) is 6.92 Å². The van der Waals surface area contributed by atoms with Crippen molar-refractivity contribution in [3.63, 3.8) is 0 Å². The molecule has 0 atom stereocenters. The van der Waals surface area contributed by atoms with Crippen molar-refractivity contribution in [3.8, 4) is 0 Å². The van der Waals surface area contributed by atoms with E-state index in [2.05, 4.69) is 0 Å². The van der Waals surface area contributed by atoms with Crippen LogP contribution in [0.15, 0.2) is 9.59 Å². The Balaban J connectivity index is 2.66. The van der Waals surface area contributed by atoms with Crippen LogP contribution in [0.3, 0.4) is 0 Å². The lowest BCUT2D eigenvalue weighted by molar-refractivity contribution is 0.765. The first-order valence-corrected chi connectivity index (χ1v) is 7.00. The number of rotatable bonds is 4. The Morgan fingerprint density at radius 2 is 1.67 bits per heavy atom. The van der Waals surface area contributed by atoms with Crippen molar-refractivity contribution < 1.29 is 0 Å². The van der Waals surface area contributed by atoms with E-state index in [1.165, 1.54) is 4.52 Å². The second-order valence-corrected chi connectivity index (χ2v) is 5.46. The molecule has 2 heterocycles. The Morgan fingerprint density at radius 3 is 2.28 bits per heavy atom. The molecule has 2 N–H and O–H groups in total. The van der Waals surface area contributed by atoms with E-state index in [4.69, 9.17) is 5.73 Å². The number of nitrogens with zero attached hydrogens (tertiary/aromatic N) is 2. The number of fused-ring (bicyclic) bond motifs is 1. The quantitative estimate of drug-likeness (QED) is 0.810. The van der Waals surface area contributed by atoms with E-state index in [9.17, 15) is 9.59 Å². The third-order valence-electron chi connectivity index (χ3n) is 3.28. The van der Waals surface area contributed by atoms with Gasteiger partial charge < -0.3 is 5.73 Å². The highest BCUT2D eigenvalue weighted by molar-refractivity contribution is 7.98. The zero-order valence-corrected chi connectivity index (χ0v) is 11.6. The van der Waals surface area contributed by atoms with Gasteiger partial charge in [0.25, 0.3) is 11.1 Å². The highest BCUT2D eigenvalue weighted by Gasteiger charge is 2.19. The third kappa shape index (κ3) is 1.76. The summed E-state index contributed by atoms with van der Waals surface area (Å²) >= 11 is 1.67. The first-order valence-electron chi connectivity index (χ1n) is 5.84. The molecule has 0 unspecified atom stereocenters. The van der Waals surface area contributed by atoms with Gasteiger partial charge >= 0.3 is 0 Å². The van der Waals surface area contributed by atoms with Crippen molar-refractivity contribution in [2.45, 2.75) is 26.5 Å². The van der Waals surface area contributed by atoms with Gasteiger partial charge in [-0.2, -0.15) is 16.3 Å². The lowest BCUT2D eigenvalue weighted by atomic mass is 10.2.